The van der Waals surface area contributed by atoms with Crippen LogP contribution in [-0.2, 0) is 39.9 Å². The first-order valence-electron chi connectivity index (χ1n) is 10.3. The molecule has 33 heavy (non-hydrogen) atoms. The highest BCUT2D eigenvalue weighted by molar-refractivity contribution is 7.92. The van der Waals surface area contributed by atoms with Crippen molar-refractivity contribution in [2.45, 2.75) is 48.0 Å². The molecule has 0 saturated carbocycles. The number of amides is 1. The number of nitrogens with zero attached hydrogens (tertiary/aromatic N) is 1. The van der Waals surface area contributed by atoms with Gasteiger partial charge in [-0.15, -0.1) is 0 Å². The molecule has 2 saturated heterocycles. The van der Waals surface area contributed by atoms with Crippen molar-refractivity contribution >= 4 is 27.5 Å². The van der Waals surface area contributed by atoms with Crippen LogP contribution >= 0.6 is 0 Å². The molecule has 2 heterocycles. The van der Waals surface area contributed by atoms with Crippen LogP contribution < -0.4 is 0 Å². The molecule has 1 unspecified atom stereocenters. The molecule has 1 amide bonds. The topological polar surface area (TPSA) is 107 Å². The van der Waals surface area contributed by atoms with Gasteiger partial charge in [0.1, 0.15) is 11.8 Å². The Morgan fingerprint density at radius 3 is 2.39 bits per heavy atom. The summed E-state index contributed by atoms with van der Waals surface area (Å²) in [6, 6.07) is 2.44. The summed E-state index contributed by atoms with van der Waals surface area (Å²) in [5, 5.41) is -1.47. The zero-order chi connectivity index (χ0) is 24.4. The van der Waals surface area contributed by atoms with Crippen molar-refractivity contribution in [3.05, 3.63) is 29.8 Å². The van der Waals surface area contributed by atoms with E-state index in [1.807, 2.05) is 0 Å². The molecule has 0 radical (unpaired) electrons. The number of Topliss-reactive ketones (excluding diaryl/α,β-unsaturated/α-hetero) is 1. The van der Waals surface area contributed by atoms with E-state index >= 15 is 0 Å². The van der Waals surface area contributed by atoms with Crippen molar-refractivity contribution in [2.24, 2.45) is 5.92 Å². The van der Waals surface area contributed by atoms with Crippen LogP contribution in [0.2, 0.25) is 0 Å². The van der Waals surface area contributed by atoms with Gasteiger partial charge in [0.05, 0.1) is 29.2 Å². The number of rotatable bonds is 6. The van der Waals surface area contributed by atoms with E-state index in [2.05, 4.69) is 4.74 Å². The van der Waals surface area contributed by atoms with E-state index < -0.39 is 69.0 Å². The van der Waals surface area contributed by atoms with Gasteiger partial charge in [0, 0.05) is 25.7 Å². The van der Waals surface area contributed by atoms with Crippen LogP contribution in [0, 0.1) is 5.92 Å². The molecule has 0 aromatic heterocycles. The first kappa shape index (κ1) is 25.2. The zero-order valence-electron chi connectivity index (χ0n) is 17.8. The summed E-state index contributed by atoms with van der Waals surface area (Å²) >= 11 is 0. The van der Waals surface area contributed by atoms with Crippen LogP contribution in [0.15, 0.2) is 29.2 Å². The van der Waals surface area contributed by atoms with Gasteiger partial charge >= 0.3 is 12.1 Å². The number of benzene rings is 1. The van der Waals surface area contributed by atoms with Crippen molar-refractivity contribution in [1.82, 2.24) is 4.90 Å². The Morgan fingerprint density at radius 2 is 1.79 bits per heavy atom. The standard InChI is InChI=1S/C21H24F3NO7S/c1-31-20(28)16-10-14(33(29,30)18-5-3-2-4-15(18)21(22,23)24)12-25(16)19(27)11-17(26)13-6-8-32-9-7-13/h2-5,13-14,16H,6-12H2,1H3/t14-,16?/m1/s1. The van der Waals surface area contributed by atoms with Gasteiger partial charge in [-0.25, -0.2) is 13.2 Å². The predicted octanol–water partition coefficient (Wildman–Crippen LogP) is 2.01. The van der Waals surface area contributed by atoms with Crippen molar-refractivity contribution in [3.63, 3.8) is 0 Å². The van der Waals surface area contributed by atoms with Gasteiger partial charge in [-0.1, -0.05) is 12.1 Å². The summed E-state index contributed by atoms with van der Waals surface area (Å²) in [6.45, 7) is 0.254. The second-order valence-electron chi connectivity index (χ2n) is 8.01. The first-order chi connectivity index (χ1) is 15.5. The zero-order valence-corrected chi connectivity index (χ0v) is 18.7. The van der Waals surface area contributed by atoms with Crippen LogP contribution in [0.25, 0.3) is 0 Å². The molecule has 2 aliphatic rings. The van der Waals surface area contributed by atoms with E-state index in [0.29, 0.717) is 32.1 Å². The maximum atomic E-state index is 13.4. The maximum Gasteiger partial charge on any atom is 0.417 e. The number of ketones is 1. The summed E-state index contributed by atoms with van der Waals surface area (Å²) in [4.78, 5) is 37.6. The molecule has 2 atom stereocenters. The van der Waals surface area contributed by atoms with Gasteiger partial charge in [-0.05, 0) is 31.4 Å². The number of likely N-dealkylation sites (tertiary alicyclic amines) is 1. The molecule has 0 spiro atoms. The highest BCUT2D eigenvalue weighted by Gasteiger charge is 2.48. The Bertz CT molecular complexity index is 1020. The lowest BCUT2D eigenvalue weighted by molar-refractivity contribution is -0.152. The summed E-state index contributed by atoms with van der Waals surface area (Å²) < 4.78 is 76.3. The average Bonchev–Trinajstić information content (AvgIpc) is 3.25. The summed E-state index contributed by atoms with van der Waals surface area (Å²) in [6.07, 6.45) is -4.96. The lowest BCUT2D eigenvalue weighted by Gasteiger charge is -2.24. The van der Waals surface area contributed by atoms with Crippen molar-refractivity contribution in [2.75, 3.05) is 26.9 Å². The molecule has 182 valence electrons. The quantitative estimate of drug-likeness (QED) is 0.443. The molecule has 0 bridgehead atoms. The molecule has 1 aromatic carbocycles. The van der Waals surface area contributed by atoms with Crippen molar-refractivity contribution < 1.29 is 45.4 Å². The summed E-state index contributed by atoms with van der Waals surface area (Å²) in [5.41, 5.74) is -1.32. The van der Waals surface area contributed by atoms with E-state index in [4.69, 9.17) is 4.74 Å². The van der Waals surface area contributed by atoms with Gasteiger partial charge < -0.3 is 14.4 Å². The normalized spacial score (nSPS) is 22.2. The average molecular weight is 491 g/mol. The molecule has 3 rings (SSSR count). The van der Waals surface area contributed by atoms with E-state index in [0.717, 1.165) is 24.1 Å². The fraction of sp³-hybridized carbons (Fsp3) is 0.571. The van der Waals surface area contributed by atoms with E-state index in [9.17, 15) is 36.0 Å². The smallest absolute Gasteiger partial charge is 0.417 e. The van der Waals surface area contributed by atoms with Gasteiger partial charge in [-0.3, -0.25) is 9.59 Å². The Labute approximate surface area is 188 Å². The predicted molar refractivity (Wildman–Crippen MR) is 108 cm³/mol. The molecule has 2 fully saturated rings. The molecule has 2 aliphatic heterocycles. The molecule has 0 aliphatic carbocycles. The van der Waals surface area contributed by atoms with E-state index in [1.165, 1.54) is 6.07 Å². The van der Waals surface area contributed by atoms with Crippen LogP contribution in [0.4, 0.5) is 13.2 Å². The number of hydrogen-bond acceptors (Lipinski definition) is 7. The third-order valence-corrected chi connectivity index (χ3v) is 8.18. The highest BCUT2D eigenvalue weighted by atomic mass is 32.2. The number of hydrogen-bond donors (Lipinski definition) is 0. The van der Waals surface area contributed by atoms with Crippen molar-refractivity contribution in [1.29, 1.82) is 0 Å². The molecule has 1 aromatic rings. The largest absolute Gasteiger partial charge is 0.467 e. The van der Waals surface area contributed by atoms with Crippen LogP contribution in [0.1, 0.15) is 31.2 Å². The minimum absolute atomic E-state index is 0.347. The number of esters is 1. The lowest BCUT2D eigenvalue weighted by Crippen LogP contribution is -2.42. The summed E-state index contributed by atoms with van der Waals surface area (Å²) in [5.74, 6) is -2.38. The van der Waals surface area contributed by atoms with Crippen LogP contribution in [0.3, 0.4) is 0 Å². The number of ether oxygens (including phenoxy) is 2. The monoisotopic (exact) mass is 491 g/mol. The van der Waals surface area contributed by atoms with Gasteiger partial charge in [-0.2, -0.15) is 13.2 Å². The molecular weight excluding hydrogens is 467 g/mol. The van der Waals surface area contributed by atoms with Gasteiger partial charge in [0.25, 0.3) is 0 Å². The Balaban J connectivity index is 1.85. The number of alkyl halides is 3. The first-order valence-corrected chi connectivity index (χ1v) is 11.9. The fourth-order valence-electron chi connectivity index (χ4n) is 4.20. The SMILES string of the molecule is COC(=O)C1C[C@@H](S(=O)(=O)c2ccccc2C(F)(F)F)CN1C(=O)CC(=O)C1CCOCC1. The van der Waals surface area contributed by atoms with Crippen LogP contribution in [-0.4, -0.2) is 69.1 Å². The Hall–Kier alpha value is -2.47. The number of methoxy groups -OCH3 is 1. The lowest BCUT2D eigenvalue weighted by atomic mass is 9.93. The fourth-order valence-corrected chi connectivity index (χ4v) is 6.11. The van der Waals surface area contributed by atoms with Crippen molar-refractivity contribution in [3.8, 4) is 0 Å². The second-order valence-corrected chi connectivity index (χ2v) is 10.2. The molecule has 12 heteroatoms. The highest BCUT2D eigenvalue weighted by Crippen LogP contribution is 2.37. The number of sulfone groups is 1. The number of halogens is 3. The van der Waals surface area contributed by atoms with E-state index in [-0.39, 0.29) is 11.7 Å². The third kappa shape index (κ3) is 5.37. The molecule has 0 N–H and O–H groups in total. The minimum atomic E-state index is -4.91. The molecular formula is C21H24F3NO7S. The Morgan fingerprint density at radius 1 is 1.15 bits per heavy atom. The maximum absolute atomic E-state index is 13.4. The number of carbonyl (C=O) groups excluding carboxylic acids is 3. The van der Waals surface area contributed by atoms with Gasteiger partial charge in [0.15, 0.2) is 9.84 Å². The molecule has 8 nitrogen and oxygen atoms in total. The Kier molecular flexibility index (Phi) is 7.47. The van der Waals surface area contributed by atoms with Gasteiger partial charge in [0.2, 0.25) is 5.91 Å². The minimum Gasteiger partial charge on any atom is -0.467 e. The number of carbonyl (C=O) groups is 3. The van der Waals surface area contributed by atoms with Crippen LogP contribution in [0.5, 0.6) is 0 Å². The third-order valence-electron chi connectivity index (χ3n) is 6.00. The summed E-state index contributed by atoms with van der Waals surface area (Å²) in [7, 11) is -3.51. The second kappa shape index (κ2) is 9.80. The van der Waals surface area contributed by atoms with E-state index in [1.54, 1.807) is 0 Å².